The molecule has 3 atom stereocenters. The Balaban J connectivity index is 1.90. The average Bonchev–Trinajstić information content (AvgIpc) is 2.77. The van der Waals surface area contributed by atoms with Gasteiger partial charge >= 0.3 is 0 Å². The molecule has 0 aromatic heterocycles. The lowest BCUT2D eigenvalue weighted by Crippen LogP contribution is -2.43. The van der Waals surface area contributed by atoms with E-state index in [0.717, 1.165) is 12.5 Å². The maximum absolute atomic E-state index is 5.47. The number of hydrogen-bond donors (Lipinski definition) is 1. The Morgan fingerprint density at radius 3 is 3.07 bits per heavy atom. The standard InChI is InChI=1S/C12H20N2/c1-3-10(4-2)13-11-7-9-14-8-5-6-12(11)14/h1,10-13H,4-9H2,2H3. The van der Waals surface area contributed by atoms with Gasteiger partial charge in [-0.2, -0.15) is 0 Å². The maximum Gasteiger partial charge on any atom is 0.0686 e. The molecule has 2 aliphatic heterocycles. The molecule has 2 fully saturated rings. The number of nitrogens with zero attached hydrogens (tertiary/aromatic N) is 1. The van der Waals surface area contributed by atoms with Crippen LogP contribution in [0.3, 0.4) is 0 Å². The third kappa shape index (κ3) is 1.80. The van der Waals surface area contributed by atoms with Gasteiger partial charge in [0.05, 0.1) is 6.04 Å². The van der Waals surface area contributed by atoms with Gasteiger partial charge in [0.25, 0.3) is 0 Å². The molecule has 0 saturated carbocycles. The van der Waals surface area contributed by atoms with Crippen molar-refractivity contribution < 1.29 is 0 Å². The fourth-order valence-corrected chi connectivity index (χ4v) is 2.82. The van der Waals surface area contributed by atoms with Crippen LogP contribution in [-0.2, 0) is 0 Å². The van der Waals surface area contributed by atoms with E-state index in [1.807, 2.05) is 0 Å². The summed E-state index contributed by atoms with van der Waals surface area (Å²) in [5.74, 6) is 2.83. The van der Waals surface area contributed by atoms with Crippen molar-refractivity contribution in [2.24, 2.45) is 0 Å². The highest BCUT2D eigenvalue weighted by atomic mass is 15.2. The zero-order valence-corrected chi connectivity index (χ0v) is 9.00. The number of fused-ring (bicyclic) bond motifs is 1. The molecular weight excluding hydrogens is 172 g/mol. The van der Waals surface area contributed by atoms with Crippen LogP contribution in [0.4, 0.5) is 0 Å². The summed E-state index contributed by atoms with van der Waals surface area (Å²) in [5.41, 5.74) is 0. The second-order valence-electron chi connectivity index (χ2n) is 4.43. The minimum Gasteiger partial charge on any atom is -0.299 e. The highest BCUT2D eigenvalue weighted by Gasteiger charge is 2.37. The molecule has 0 radical (unpaired) electrons. The zero-order chi connectivity index (χ0) is 9.97. The summed E-state index contributed by atoms with van der Waals surface area (Å²) in [4.78, 5) is 2.61. The van der Waals surface area contributed by atoms with Gasteiger partial charge in [-0.25, -0.2) is 0 Å². The maximum atomic E-state index is 5.47. The molecule has 14 heavy (non-hydrogen) atoms. The summed E-state index contributed by atoms with van der Waals surface area (Å²) in [6.07, 6.45) is 10.5. The van der Waals surface area contributed by atoms with E-state index in [1.165, 1.54) is 32.4 Å². The number of hydrogen-bond acceptors (Lipinski definition) is 2. The lowest BCUT2D eigenvalue weighted by molar-refractivity contribution is 0.294. The van der Waals surface area contributed by atoms with E-state index < -0.39 is 0 Å². The van der Waals surface area contributed by atoms with Crippen LogP contribution in [-0.4, -0.2) is 36.1 Å². The van der Waals surface area contributed by atoms with Crippen molar-refractivity contribution in [1.82, 2.24) is 10.2 Å². The zero-order valence-electron chi connectivity index (χ0n) is 9.00. The quantitative estimate of drug-likeness (QED) is 0.676. The third-order valence-corrected chi connectivity index (χ3v) is 3.63. The summed E-state index contributed by atoms with van der Waals surface area (Å²) in [6, 6.07) is 1.71. The summed E-state index contributed by atoms with van der Waals surface area (Å²) < 4.78 is 0. The molecule has 2 aliphatic rings. The molecule has 0 amide bonds. The molecule has 0 bridgehead atoms. The Kier molecular flexibility index (Phi) is 3.10. The predicted octanol–water partition coefficient (Wildman–Crippen LogP) is 1.22. The summed E-state index contributed by atoms with van der Waals surface area (Å²) >= 11 is 0. The van der Waals surface area contributed by atoms with Crippen LogP contribution < -0.4 is 5.32 Å². The normalized spacial score (nSPS) is 34.0. The highest BCUT2D eigenvalue weighted by molar-refractivity contribution is 5.03. The van der Waals surface area contributed by atoms with Crippen LogP contribution in [0.15, 0.2) is 0 Å². The molecule has 1 N–H and O–H groups in total. The van der Waals surface area contributed by atoms with Crippen molar-refractivity contribution >= 4 is 0 Å². The number of nitrogens with one attached hydrogen (secondary N) is 1. The van der Waals surface area contributed by atoms with Gasteiger partial charge in [-0.05, 0) is 32.2 Å². The van der Waals surface area contributed by atoms with E-state index in [2.05, 4.69) is 23.1 Å². The minimum absolute atomic E-state index is 0.278. The van der Waals surface area contributed by atoms with Gasteiger partial charge in [0.15, 0.2) is 0 Å². The van der Waals surface area contributed by atoms with Gasteiger partial charge in [0.2, 0.25) is 0 Å². The van der Waals surface area contributed by atoms with Gasteiger partial charge in [-0.1, -0.05) is 12.8 Å². The molecule has 78 valence electrons. The van der Waals surface area contributed by atoms with E-state index >= 15 is 0 Å². The van der Waals surface area contributed by atoms with Crippen LogP contribution in [0, 0.1) is 12.3 Å². The minimum atomic E-state index is 0.278. The van der Waals surface area contributed by atoms with Crippen molar-refractivity contribution in [3.63, 3.8) is 0 Å². The molecule has 0 spiro atoms. The molecular formula is C12H20N2. The van der Waals surface area contributed by atoms with Gasteiger partial charge in [0, 0.05) is 18.6 Å². The van der Waals surface area contributed by atoms with E-state index in [1.54, 1.807) is 0 Å². The van der Waals surface area contributed by atoms with Crippen LogP contribution in [0.25, 0.3) is 0 Å². The molecule has 0 aliphatic carbocycles. The van der Waals surface area contributed by atoms with Crippen molar-refractivity contribution in [2.75, 3.05) is 13.1 Å². The molecule has 0 aromatic carbocycles. The van der Waals surface area contributed by atoms with Gasteiger partial charge in [0.1, 0.15) is 0 Å². The number of terminal acetylenes is 1. The first kappa shape index (κ1) is 10.0. The molecule has 0 aromatic rings. The van der Waals surface area contributed by atoms with E-state index in [4.69, 9.17) is 6.42 Å². The average molecular weight is 192 g/mol. The Bertz CT molecular complexity index is 231. The molecule has 2 rings (SSSR count). The Morgan fingerprint density at radius 2 is 2.36 bits per heavy atom. The monoisotopic (exact) mass is 192 g/mol. The van der Waals surface area contributed by atoms with Crippen molar-refractivity contribution in [2.45, 2.75) is 50.7 Å². The van der Waals surface area contributed by atoms with Gasteiger partial charge in [-0.15, -0.1) is 6.42 Å². The topological polar surface area (TPSA) is 15.3 Å². The molecule has 2 nitrogen and oxygen atoms in total. The lowest BCUT2D eigenvalue weighted by Gasteiger charge is -2.23. The van der Waals surface area contributed by atoms with Crippen molar-refractivity contribution in [3.8, 4) is 12.3 Å². The first-order chi connectivity index (χ1) is 6.85. The second kappa shape index (κ2) is 4.33. The first-order valence-electron chi connectivity index (χ1n) is 5.81. The predicted molar refractivity (Wildman–Crippen MR) is 59.0 cm³/mol. The van der Waals surface area contributed by atoms with Crippen molar-refractivity contribution in [1.29, 1.82) is 0 Å². The fourth-order valence-electron chi connectivity index (χ4n) is 2.82. The highest BCUT2D eigenvalue weighted by Crippen LogP contribution is 2.28. The summed E-state index contributed by atoms with van der Waals surface area (Å²) in [6.45, 7) is 4.72. The second-order valence-corrected chi connectivity index (χ2v) is 4.43. The van der Waals surface area contributed by atoms with Gasteiger partial charge < -0.3 is 0 Å². The number of rotatable bonds is 3. The van der Waals surface area contributed by atoms with Crippen LogP contribution in [0.5, 0.6) is 0 Å². The van der Waals surface area contributed by atoms with E-state index in [9.17, 15) is 0 Å². The first-order valence-corrected chi connectivity index (χ1v) is 5.81. The molecule has 2 heteroatoms. The smallest absolute Gasteiger partial charge is 0.0686 e. The van der Waals surface area contributed by atoms with E-state index in [-0.39, 0.29) is 6.04 Å². The Labute approximate surface area is 87.1 Å². The largest absolute Gasteiger partial charge is 0.299 e. The third-order valence-electron chi connectivity index (χ3n) is 3.63. The van der Waals surface area contributed by atoms with Crippen LogP contribution >= 0.6 is 0 Å². The Hall–Kier alpha value is -0.520. The molecule has 2 heterocycles. The van der Waals surface area contributed by atoms with E-state index in [0.29, 0.717) is 6.04 Å². The lowest BCUT2D eigenvalue weighted by atomic mass is 10.0. The molecule has 3 unspecified atom stereocenters. The fraction of sp³-hybridized carbons (Fsp3) is 0.833. The Morgan fingerprint density at radius 1 is 1.50 bits per heavy atom. The van der Waals surface area contributed by atoms with Gasteiger partial charge in [-0.3, -0.25) is 10.2 Å². The van der Waals surface area contributed by atoms with Crippen molar-refractivity contribution in [3.05, 3.63) is 0 Å². The van der Waals surface area contributed by atoms with Crippen LogP contribution in [0.1, 0.15) is 32.6 Å². The summed E-state index contributed by atoms with van der Waals surface area (Å²) in [5, 5.41) is 3.61. The van der Waals surface area contributed by atoms with Crippen LogP contribution in [0.2, 0.25) is 0 Å². The summed E-state index contributed by atoms with van der Waals surface area (Å²) in [7, 11) is 0. The SMILES string of the molecule is C#CC(CC)NC1CCN2CCCC12. The molecule has 2 saturated heterocycles.